The summed E-state index contributed by atoms with van der Waals surface area (Å²) >= 11 is 0. The van der Waals surface area contributed by atoms with Crippen LogP contribution in [0.4, 0.5) is 0 Å². The monoisotopic (exact) mass is 301 g/mol. The number of Topliss-reactive ketones (excluding diaryl/α,β-unsaturated/α-hetero) is 1. The van der Waals surface area contributed by atoms with Crippen molar-refractivity contribution in [3.8, 4) is 11.5 Å². The number of methoxy groups -OCH3 is 2. The lowest BCUT2D eigenvalue weighted by Gasteiger charge is -2.41. The van der Waals surface area contributed by atoms with Crippen LogP contribution in [0.3, 0.4) is 0 Å². The average molecular weight is 301 g/mol. The number of ketones is 1. The number of likely N-dealkylation sites (tertiary alicyclic amines) is 1. The first kappa shape index (κ1) is 14.1. The molecule has 0 N–H and O–H groups in total. The lowest BCUT2D eigenvalue weighted by Crippen LogP contribution is -2.48. The van der Waals surface area contributed by atoms with Gasteiger partial charge in [-0.05, 0) is 50.0 Å². The Balaban J connectivity index is 1.82. The molecule has 118 valence electrons. The Labute approximate surface area is 131 Å². The first-order valence-electron chi connectivity index (χ1n) is 8.07. The molecule has 1 aromatic rings. The second-order valence-electron chi connectivity index (χ2n) is 7.00. The number of likely N-dealkylation sites (N-methyl/N-ethyl adjacent to an activating group) is 1. The zero-order valence-corrected chi connectivity index (χ0v) is 13.5. The molecule has 2 saturated carbocycles. The van der Waals surface area contributed by atoms with Crippen LogP contribution < -0.4 is 9.47 Å². The number of ether oxygens (including phenoxy) is 2. The first-order chi connectivity index (χ1) is 10.6. The van der Waals surface area contributed by atoms with E-state index in [4.69, 9.17) is 9.47 Å². The molecular formula is C18H23NO3. The molecule has 0 radical (unpaired) electrons. The lowest BCUT2D eigenvalue weighted by molar-refractivity contribution is -0.124. The van der Waals surface area contributed by atoms with Crippen LogP contribution in [-0.4, -0.2) is 44.5 Å². The van der Waals surface area contributed by atoms with Gasteiger partial charge in [0.05, 0.1) is 14.2 Å². The Kier molecular flexibility index (Phi) is 3.02. The number of carbonyl (C=O) groups is 1. The van der Waals surface area contributed by atoms with Gasteiger partial charge in [-0.15, -0.1) is 0 Å². The van der Waals surface area contributed by atoms with Crippen molar-refractivity contribution >= 4 is 5.78 Å². The molecule has 2 aliphatic carbocycles. The van der Waals surface area contributed by atoms with Crippen molar-refractivity contribution in [1.29, 1.82) is 0 Å². The zero-order valence-electron chi connectivity index (χ0n) is 13.5. The van der Waals surface area contributed by atoms with Gasteiger partial charge in [-0.25, -0.2) is 0 Å². The molecule has 3 aliphatic rings. The molecule has 1 aromatic carbocycles. The van der Waals surface area contributed by atoms with E-state index in [0.29, 0.717) is 17.7 Å². The van der Waals surface area contributed by atoms with E-state index >= 15 is 0 Å². The van der Waals surface area contributed by atoms with Gasteiger partial charge >= 0.3 is 0 Å². The van der Waals surface area contributed by atoms with E-state index in [1.165, 1.54) is 5.56 Å². The highest BCUT2D eigenvalue weighted by Gasteiger charge is 2.65. The quantitative estimate of drug-likeness (QED) is 0.858. The van der Waals surface area contributed by atoms with Crippen LogP contribution in [0, 0.1) is 11.8 Å². The minimum absolute atomic E-state index is 0.118. The molecule has 4 atom stereocenters. The minimum atomic E-state index is 0.118. The summed E-state index contributed by atoms with van der Waals surface area (Å²) in [5, 5.41) is 0. The zero-order chi connectivity index (χ0) is 15.5. The summed E-state index contributed by atoms with van der Waals surface area (Å²) in [4.78, 5) is 14.7. The Morgan fingerprint density at radius 3 is 2.73 bits per heavy atom. The highest BCUT2D eigenvalue weighted by Crippen LogP contribution is 2.61. The Bertz CT molecular complexity index is 629. The number of hydrogen-bond acceptors (Lipinski definition) is 4. The minimum Gasteiger partial charge on any atom is -0.493 e. The van der Waals surface area contributed by atoms with Crippen LogP contribution in [0.1, 0.15) is 24.8 Å². The van der Waals surface area contributed by atoms with Crippen molar-refractivity contribution < 1.29 is 14.3 Å². The number of benzene rings is 1. The fraction of sp³-hybridized carbons (Fsp3) is 0.611. The fourth-order valence-corrected chi connectivity index (χ4v) is 5.44. The molecule has 0 spiro atoms. The number of nitrogens with zero attached hydrogens (tertiary/aromatic N) is 1. The van der Waals surface area contributed by atoms with Gasteiger partial charge in [0.25, 0.3) is 0 Å². The van der Waals surface area contributed by atoms with Crippen LogP contribution in [-0.2, 0) is 10.2 Å². The molecule has 4 heteroatoms. The van der Waals surface area contributed by atoms with E-state index in [0.717, 1.165) is 37.3 Å². The molecular weight excluding hydrogens is 278 g/mol. The van der Waals surface area contributed by atoms with E-state index in [2.05, 4.69) is 24.1 Å². The number of rotatable bonds is 3. The van der Waals surface area contributed by atoms with Gasteiger partial charge in [-0.2, -0.15) is 0 Å². The van der Waals surface area contributed by atoms with E-state index < -0.39 is 0 Å². The van der Waals surface area contributed by atoms with E-state index in [1.54, 1.807) is 14.2 Å². The van der Waals surface area contributed by atoms with Gasteiger partial charge in [0.1, 0.15) is 5.78 Å². The number of carbonyl (C=O) groups excluding carboxylic acids is 1. The third-order valence-corrected chi connectivity index (χ3v) is 6.31. The highest BCUT2D eigenvalue weighted by atomic mass is 16.5. The second-order valence-corrected chi connectivity index (χ2v) is 7.00. The molecule has 0 unspecified atom stereocenters. The summed E-state index contributed by atoms with van der Waals surface area (Å²) in [6.45, 7) is 1.07. The summed E-state index contributed by atoms with van der Waals surface area (Å²) in [7, 11) is 5.52. The normalized spacial score (nSPS) is 36.7. The summed E-state index contributed by atoms with van der Waals surface area (Å²) < 4.78 is 10.9. The number of fused-ring (bicyclic) bond motifs is 5. The number of hydrogen-bond donors (Lipinski definition) is 0. The van der Waals surface area contributed by atoms with Crippen LogP contribution in [0.15, 0.2) is 18.2 Å². The van der Waals surface area contributed by atoms with Gasteiger partial charge in [-0.1, -0.05) is 6.07 Å². The van der Waals surface area contributed by atoms with E-state index in [9.17, 15) is 4.79 Å². The molecule has 4 rings (SSSR count). The van der Waals surface area contributed by atoms with Crippen molar-refractivity contribution in [2.45, 2.75) is 30.7 Å². The van der Waals surface area contributed by atoms with E-state index in [1.807, 2.05) is 6.07 Å². The molecule has 0 amide bonds. The topological polar surface area (TPSA) is 38.8 Å². The lowest BCUT2D eigenvalue weighted by atomic mass is 9.65. The summed E-state index contributed by atoms with van der Waals surface area (Å²) in [5.74, 6) is 2.74. The van der Waals surface area contributed by atoms with Crippen molar-refractivity contribution in [2.75, 3.05) is 27.8 Å². The molecule has 22 heavy (non-hydrogen) atoms. The smallest absolute Gasteiger partial charge is 0.161 e. The third-order valence-electron chi connectivity index (χ3n) is 6.31. The summed E-state index contributed by atoms with van der Waals surface area (Å²) in [6.07, 6.45) is 2.95. The van der Waals surface area contributed by atoms with Crippen molar-refractivity contribution in [1.82, 2.24) is 4.90 Å². The molecule has 0 aromatic heterocycles. The van der Waals surface area contributed by atoms with Crippen LogP contribution in [0.5, 0.6) is 11.5 Å². The molecule has 1 aliphatic heterocycles. The predicted molar refractivity (Wildman–Crippen MR) is 83.5 cm³/mol. The van der Waals surface area contributed by atoms with Gasteiger partial charge < -0.3 is 14.4 Å². The van der Waals surface area contributed by atoms with E-state index in [-0.39, 0.29) is 11.3 Å². The van der Waals surface area contributed by atoms with Gasteiger partial charge in [0.15, 0.2) is 11.5 Å². The third kappa shape index (κ3) is 1.59. The summed E-state index contributed by atoms with van der Waals surface area (Å²) in [6, 6.07) is 6.68. The second kappa shape index (κ2) is 4.72. The summed E-state index contributed by atoms with van der Waals surface area (Å²) in [5.41, 5.74) is 1.44. The van der Waals surface area contributed by atoms with Gasteiger partial charge in [-0.3, -0.25) is 4.79 Å². The maximum Gasteiger partial charge on any atom is 0.161 e. The molecule has 3 fully saturated rings. The van der Waals surface area contributed by atoms with Gasteiger partial charge in [0.2, 0.25) is 0 Å². The SMILES string of the molecule is COc1ccc([C@@]23CCN(C)[C@@H]2[C@@H]2C[C@H]3CC2=O)cc1OC. The first-order valence-corrected chi connectivity index (χ1v) is 8.07. The highest BCUT2D eigenvalue weighted by molar-refractivity contribution is 5.86. The van der Waals surface area contributed by atoms with Crippen LogP contribution in [0.25, 0.3) is 0 Å². The molecule has 4 nitrogen and oxygen atoms in total. The Hall–Kier alpha value is -1.55. The standard InChI is InChI=1S/C18H23NO3/c1-19-7-6-18(12-8-13(17(18)19)14(20)9-12)11-4-5-15(21-2)16(10-11)22-3/h4-5,10,12-13,17H,6-9H2,1-3H3/t12-,13+,17+,18+/m0/s1. The maximum absolute atomic E-state index is 12.2. The van der Waals surface area contributed by atoms with Crippen molar-refractivity contribution in [3.05, 3.63) is 23.8 Å². The largest absolute Gasteiger partial charge is 0.493 e. The molecule has 2 bridgehead atoms. The average Bonchev–Trinajstić information content (AvgIpc) is 3.17. The molecule has 1 heterocycles. The fourth-order valence-electron chi connectivity index (χ4n) is 5.44. The van der Waals surface area contributed by atoms with Crippen LogP contribution >= 0.6 is 0 Å². The maximum atomic E-state index is 12.2. The van der Waals surface area contributed by atoms with Gasteiger partial charge in [0, 0.05) is 23.8 Å². The predicted octanol–water partition coefficient (Wildman–Crippen LogP) is 2.25. The Morgan fingerprint density at radius 1 is 1.23 bits per heavy atom. The van der Waals surface area contributed by atoms with Crippen molar-refractivity contribution in [3.63, 3.8) is 0 Å². The Morgan fingerprint density at radius 2 is 2.00 bits per heavy atom. The van der Waals surface area contributed by atoms with Crippen LogP contribution in [0.2, 0.25) is 0 Å². The van der Waals surface area contributed by atoms with Crippen molar-refractivity contribution in [2.24, 2.45) is 11.8 Å². The molecule has 1 saturated heterocycles.